The number of nitrogens with one attached hydrogen (secondary N) is 2. The van der Waals surface area contributed by atoms with E-state index < -0.39 is 15.8 Å². The van der Waals surface area contributed by atoms with Crippen LogP contribution in [-0.4, -0.2) is 20.9 Å². The van der Waals surface area contributed by atoms with Crippen molar-refractivity contribution >= 4 is 21.6 Å². The van der Waals surface area contributed by atoms with Gasteiger partial charge in [0.2, 0.25) is 0 Å². The molecule has 5 nitrogen and oxygen atoms in total. The summed E-state index contributed by atoms with van der Waals surface area (Å²) in [5.74, 6) is -0.197. The standard InChI is InChI=1S/C18H21FN2O3S/c1-13(2)11-12-20-18(22)14-3-9-17(10-4-14)25(23,24)21-16-7-5-15(19)6-8-16/h3-10,13,21H,11-12H2,1-2H3,(H,20,22). The van der Waals surface area contributed by atoms with Crippen LogP contribution in [0, 0.1) is 11.7 Å². The third kappa shape index (κ3) is 5.56. The fraction of sp³-hybridized carbons (Fsp3) is 0.278. The molecule has 0 unspecified atom stereocenters. The Labute approximate surface area is 147 Å². The maximum atomic E-state index is 12.9. The third-order valence-corrected chi connectivity index (χ3v) is 4.93. The van der Waals surface area contributed by atoms with Crippen molar-refractivity contribution in [3.8, 4) is 0 Å². The fourth-order valence-corrected chi connectivity index (χ4v) is 3.15. The monoisotopic (exact) mass is 364 g/mol. The number of sulfonamides is 1. The number of carbonyl (C=O) groups excluding carboxylic acids is 1. The number of rotatable bonds is 7. The van der Waals surface area contributed by atoms with Crippen molar-refractivity contribution in [1.29, 1.82) is 0 Å². The molecule has 0 saturated heterocycles. The molecule has 2 aromatic rings. The lowest BCUT2D eigenvalue weighted by atomic mass is 10.1. The first-order chi connectivity index (χ1) is 11.8. The van der Waals surface area contributed by atoms with E-state index in [0.717, 1.165) is 6.42 Å². The molecule has 2 N–H and O–H groups in total. The van der Waals surface area contributed by atoms with Crippen LogP contribution in [-0.2, 0) is 10.0 Å². The van der Waals surface area contributed by atoms with Crippen LogP contribution in [0.1, 0.15) is 30.6 Å². The summed E-state index contributed by atoms with van der Waals surface area (Å²) in [6.45, 7) is 4.71. The average Bonchev–Trinajstić information content (AvgIpc) is 2.56. The van der Waals surface area contributed by atoms with Crippen LogP contribution in [0.3, 0.4) is 0 Å². The molecule has 25 heavy (non-hydrogen) atoms. The van der Waals surface area contributed by atoms with Gasteiger partial charge in [-0.05, 0) is 60.9 Å². The van der Waals surface area contributed by atoms with E-state index in [2.05, 4.69) is 23.9 Å². The molecule has 0 aliphatic carbocycles. The Hall–Kier alpha value is -2.41. The molecule has 0 aliphatic heterocycles. The van der Waals surface area contributed by atoms with Crippen molar-refractivity contribution in [2.75, 3.05) is 11.3 Å². The van der Waals surface area contributed by atoms with E-state index >= 15 is 0 Å². The van der Waals surface area contributed by atoms with E-state index in [0.29, 0.717) is 18.0 Å². The van der Waals surface area contributed by atoms with E-state index in [1.165, 1.54) is 48.5 Å². The number of hydrogen-bond donors (Lipinski definition) is 2. The molecule has 2 rings (SSSR count). The highest BCUT2D eigenvalue weighted by Gasteiger charge is 2.15. The van der Waals surface area contributed by atoms with E-state index in [1.807, 2.05) is 0 Å². The summed E-state index contributed by atoms with van der Waals surface area (Å²) in [6.07, 6.45) is 0.875. The Kier molecular flexibility index (Phi) is 6.14. The summed E-state index contributed by atoms with van der Waals surface area (Å²) < 4.78 is 39.9. The first kappa shape index (κ1) is 18.9. The first-order valence-electron chi connectivity index (χ1n) is 7.94. The van der Waals surface area contributed by atoms with E-state index in [9.17, 15) is 17.6 Å². The lowest BCUT2D eigenvalue weighted by molar-refractivity contribution is 0.0952. The first-order valence-corrected chi connectivity index (χ1v) is 9.43. The highest BCUT2D eigenvalue weighted by Crippen LogP contribution is 2.17. The van der Waals surface area contributed by atoms with Gasteiger partial charge in [-0.3, -0.25) is 9.52 Å². The van der Waals surface area contributed by atoms with Gasteiger partial charge >= 0.3 is 0 Å². The maximum absolute atomic E-state index is 12.9. The van der Waals surface area contributed by atoms with Crippen LogP contribution >= 0.6 is 0 Å². The van der Waals surface area contributed by atoms with Crippen LogP contribution in [0.4, 0.5) is 10.1 Å². The van der Waals surface area contributed by atoms with E-state index in [-0.39, 0.29) is 16.5 Å². The molecule has 134 valence electrons. The minimum absolute atomic E-state index is 0.0237. The van der Waals surface area contributed by atoms with Crippen LogP contribution in [0.5, 0.6) is 0 Å². The molecule has 0 aromatic heterocycles. The van der Waals surface area contributed by atoms with Crippen molar-refractivity contribution in [2.45, 2.75) is 25.2 Å². The highest BCUT2D eigenvalue weighted by atomic mass is 32.2. The Morgan fingerprint density at radius 1 is 1.04 bits per heavy atom. The zero-order valence-electron chi connectivity index (χ0n) is 14.1. The number of carbonyl (C=O) groups is 1. The van der Waals surface area contributed by atoms with Gasteiger partial charge in [0.1, 0.15) is 5.82 Å². The van der Waals surface area contributed by atoms with E-state index in [1.54, 1.807) is 0 Å². The van der Waals surface area contributed by atoms with Crippen molar-refractivity contribution in [3.05, 3.63) is 59.9 Å². The number of amides is 1. The molecule has 0 fully saturated rings. The number of anilines is 1. The van der Waals surface area contributed by atoms with Gasteiger partial charge in [-0.15, -0.1) is 0 Å². The minimum Gasteiger partial charge on any atom is -0.352 e. The zero-order chi connectivity index (χ0) is 18.4. The quantitative estimate of drug-likeness (QED) is 0.791. The second-order valence-electron chi connectivity index (χ2n) is 6.08. The maximum Gasteiger partial charge on any atom is 0.261 e. The van der Waals surface area contributed by atoms with Crippen molar-refractivity contribution in [3.63, 3.8) is 0 Å². The normalized spacial score (nSPS) is 11.4. The molecule has 1 amide bonds. The SMILES string of the molecule is CC(C)CCNC(=O)c1ccc(S(=O)(=O)Nc2ccc(F)cc2)cc1. The van der Waals surface area contributed by atoms with Gasteiger partial charge in [0.05, 0.1) is 4.90 Å². The van der Waals surface area contributed by atoms with Crippen LogP contribution in [0.2, 0.25) is 0 Å². The van der Waals surface area contributed by atoms with E-state index in [4.69, 9.17) is 0 Å². The molecule has 7 heteroatoms. The molecule has 0 heterocycles. The summed E-state index contributed by atoms with van der Waals surface area (Å²) in [7, 11) is -3.80. The summed E-state index contributed by atoms with van der Waals surface area (Å²) in [6, 6.07) is 10.7. The summed E-state index contributed by atoms with van der Waals surface area (Å²) in [4.78, 5) is 12.0. The molecule has 0 aliphatic rings. The second kappa shape index (κ2) is 8.11. The zero-order valence-corrected chi connectivity index (χ0v) is 14.9. The Morgan fingerprint density at radius 2 is 1.64 bits per heavy atom. The third-order valence-electron chi connectivity index (χ3n) is 3.53. The van der Waals surface area contributed by atoms with Gasteiger partial charge < -0.3 is 5.32 Å². The molecule has 2 aromatic carbocycles. The predicted octanol–water partition coefficient (Wildman–Crippen LogP) is 3.40. The Balaban J connectivity index is 2.05. The average molecular weight is 364 g/mol. The molecule has 0 atom stereocenters. The molecular weight excluding hydrogens is 343 g/mol. The summed E-state index contributed by atoms with van der Waals surface area (Å²) >= 11 is 0. The smallest absolute Gasteiger partial charge is 0.261 e. The molecular formula is C18H21FN2O3S. The molecule has 0 radical (unpaired) electrons. The fourth-order valence-electron chi connectivity index (χ4n) is 2.09. The predicted molar refractivity (Wildman–Crippen MR) is 95.4 cm³/mol. The Morgan fingerprint density at radius 3 is 2.20 bits per heavy atom. The van der Waals surface area contributed by atoms with Gasteiger partial charge in [0, 0.05) is 17.8 Å². The van der Waals surface area contributed by atoms with Gasteiger partial charge in [0.25, 0.3) is 15.9 Å². The molecule has 0 spiro atoms. The van der Waals surface area contributed by atoms with Crippen LogP contribution in [0.15, 0.2) is 53.4 Å². The van der Waals surface area contributed by atoms with Gasteiger partial charge in [-0.2, -0.15) is 0 Å². The Bertz CT molecular complexity index is 816. The summed E-state index contributed by atoms with van der Waals surface area (Å²) in [5, 5.41) is 2.79. The largest absolute Gasteiger partial charge is 0.352 e. The number of benzene rings is 2. The van der Waals surface area contributed by atoms with Crippen molar-refractivity contribution < 1.29 is 17.6 Å². The minimum atomic E-state index is -3.80. The number of hydrogen-bond acceptors (Lipinski definition) is 3. The molecule has 0 saturated carbocycles. The van der Waals surface area contributed by atoms with Crippen molar-refractivity contribution in [1.82, 2.24) is 5.32 Å². The van der Waals surface area contributed by atoms with Gasteiger partial charge in [0.15, 0.2) is 0 Å². The topological polar surface area (TPSA) is 75.3 Å². The highest BCUT2D eigenvalue weighted by molar-refractivity contribution is 7.92. The molecule has 0 bridgehead atoms. The van der Waals surface area contributed by atoms with Crippen LogP contribution in [0.25, 0.3) is 0 Å². The number of halogens is 1. The van der Waals surface area contributed by atoms with Gasteiger partial charge in [-0.25, -0.2) is 12.8 Å². The van der Waals surface area contributed by atoms with Crippen LogP contribution < -0.4 is 10.0 Å². The van der Waals surface area contributed by atoms with Crippen molar-refractivity contribution in [2.24, 2.45) is 5.92 Å². The lowest BCUT2D eigenvalue weighted by Crippen LogP contribution is -2.25. The van der Waals surface area contributed by atoms with Gasteiger partial charge in [-0.1, -0.05) is 13.8 Å². The second-order valence-corrected chi connectivity index (χ2v) is 7.76. The summed E-state index contributed by atoms with van der Waals surface area (Å²) in [5.41, 5.74) is 0.654. The lowest BCUT2D eigenvalue weighted by Gasteiger charge is -2.10.